The first-order valence-corrected chi connectivity index (χ1v) is 2.93. The van der Waals surface area contributed by atoms with Crippen LogP contribution in [0.1, 0.15) is 5.56 Å². The fourth-order valence-corrected chi connectivity index (χ4v) is 0.727. The third kappa shape index (κ3) is 1.58. The number of carbonyl (C=O) groups excluding carboxylic acids is 1. The van der Waals surface area contributed by atoms with Gasteiger partial charge in [0.15, 0.2) is 0 Å². The van der Waals surface area contributed by atoms with Crippen LogP contribution >= 0.6 is 0 Å². The van der Waals surface area contributed by atoms with Crippen molar-refractivity contribution < 1.29 is 9.53 Å². The van der Waals surface area contributed by atoms with Crippen molar-refractivity contribution in [3.63, 3.8) is 0 Å². The molecule has 0 aliphatic carbocycles. The van der Waals surface area contributed by atoms with Crippen LogP contribution in [0.3, 0.4) is 0 Å². The van der Waals surface area contributed by atoms with Gasteiger partial charge in [-0.3, -0.25) is 0 Å². The van der Waals surface area contributed by atoms with Crippen molar-refractivity contribution in [2.75, 3.05) is 0 Å². The van der Waals surface area contributed by atoms with Gasteiger partial charge in [0.05, 0.1) is 0 Å². The van der Waals surface area contributed by atoms with Gasteiger partial charge in [0, 0.05) is 0 Å². The Labute approximate surface area is 59.4 Å². The molecule has 0 unspecified atom stereocenters. The molecule has 2 nitrogen and oxygen atoms in total. The zero-order valence-electron chi connectivity index (χ0n) is 5.63. The van der Waals surface area contributed by atoms with E-state index in [1.807, 2.05) is 19.1 Å². The van der Waals surface area contributed by atoms with E-state index in [9.17, 15) is 4.79 Å². The minimum absolute atomic E-state index is 0.537. The van der Waals surface area contributed by atoms with Crippen molar-refractivity contribution in [3.05, 3.63) is 29.8 Å². The van der Waals surface area contributed by atoms with Crippen molar-refractivity contribution in [2.45, 2.75) is 6.92 Å². The summed E-state index contributed by atoms with van der Waals surface area (Å²) in [6.07, 6.45) is 0. The van der Waals surface area contributed by atoms with Crippen LogP contribution in [0.5, 0.6) is 5.75 Å². The Morgan fingerprint density at radius 1 is 1.50 bits per heavy atom. The van der Waals surface area contributed by atoms with Gasteiger partial charge in [0.2, 0.25) is 0 Å². The molecule has 0 saturated heterocycles. The maximum atomic E-state index is 9.74. The van der Waals surface area contributed by atoms with Gasteiger partial charge >= 0.3 is 6.47 Å². The van der Waals surface area contributed by atoms with Gasteiger partial charge in [-0.25, -0.2) is 4.79 Å². The summed E-state index contributed by atoms with van der Waals surface area (Å²) < 4.78 is 4.48. The molecule has 0 heterocycles. The lowest BCUT2D eigenvalue weighted by Crippen LogP contribution is -1.87. The van der Waals surface area contributed by atoms with Crippen LogP contribution in [0.15, 0.2) is 24.3 Å². The second-order valence-corrected chi connectivity index (χ2v) is 2.00. The molecule has 2 heteroatoms. The molecule has 1 radical (unpaired) electrons. The molecule has 0 aliphatic heterocycles. The SMILES string of the molecule is Cc1cccc(O[C]=O)c1. The zero-order chi connectivity index (χ0) is 7.40. The molecule has 0 aromatic heterocycles. The molecule has 0 spiro atoms. The van der Waals surface area contributed by atoms with Crippen LogP contribution in [0, 0.1) is 6.92 Å². The smallest absolute Gasteiger partial charge is 0.418 e. The Morgan fingerprint density at radius 2 is 2.30 bits per heavy atom. The van der Waals surface area contributed by atoms with E-state index in [-0.39, 0.29) is 0 Å². The zero-order valence-corrected chi connectivity index (χ0v) is 5.63. The molecule has 0 saturated carbocycles. The third-order valence-corrected chi connectivity index (χ3v) is 1.15. The number of hydrogen-bond acceptors (Lipinski definition) is 2. The number of benzene rings is 1. The predicted octanol–water partition coefficient (Wildman–Crippen LogP) is 1.44. The molecule has 0 atom stereocenters. The van der Waals surface area contributed by atoms with Crippen LogP contribution < -0.4 is 4.74 Å². The Kier molecular flexibility index (Phi) is 2.05. The summed E-state index contributed by atoms with van der Waals surface area (Å²) >= 11 is 0. The molecule has 0 amide bonds. The number of ether oxygens (including phenoxy) is 1. The van der Waals surface area contributed by atoms with Crippen molar-refractivity contribution in [1.29, 1.82) is 0 Å². The van der Waals surface area contributed by atoms with E-state index in [0.29, 0.717) is 5.75 Å². The Balaban J connectivity index is 2.84. The molecule has 51 valence electrons. The van der Waals surface area contributed by atoms with Crippen LogP contribution in [0.2, 0.25) is 0 Å². The molecule has 1 aromatic carbocycles. The fourth-order valence-electron chi connectivity index (χ4n) is 0.727. The number of hydrogen-bond donors (Lipinski definition) is 0. The number of aryl methyl sites for hydroxylation is 1. The highest BCUT2D eigenvalue weighted by molar-refractivity contribution is 5.46. The number of rotatable bonds is 2. The van der Waals surface area contributed by atoms with E-state index >= 15 is 0 Å². The maximum Gasteiger partial charge on any atom is 0.423 e. The quantitative estimate of drug-likeness (QED) is 0.613. The van der Waals surface area contributed by atoms with Crippen molar-refractivity contribution in [1.82, 2.24) is 0 Å². The first kappa shape index (κ1) is 6.81. The first-order chi connectivity index (χ1) is 4.83. The molecule has 0 aliphatic rings. The molecule has 10 heavy (non-hydrogen) atoms. The third-order valence-electron chi connectivity index (χ3n) is 1.15. The largest absolute Gasteiger partial charge is 0.423 e. The van der Waals surface area contributed by atoms with Crippen LogP contribution in [-0.2, 0) is 4.79 Å². The molecule has 1 aromatic rings. The van der Waals surface area contributed by atoms with Crippen LogP contribution in [0.25, 0.3) is 0 Å². The van der Waals surface area contributed by atoms with Gasteiger partial charge in [-0.05, 0) is 24.6 Å². The lowest BCUT2D eigenvalue weighted by molar-refractivity contribution is 0.442. The maximum absolute atomic E-state index is 9.74. The van der Waals surface area contributed by atoms with E-state index in [0.717, 1.165) is 5.56 Å². The predicted molar refractivity (Wildman–Crippen MR) is 37.5 cm³/mol. The highest BCUT2D eigenvalue weighted by Gasteiger charge is 1.90. The average Bonchev–Trinajstić information content (AvgIpc) is 1.88. The minimum Gasteiger partial charge on any atom is -0.418 e. The molecular weight excluding hydrogens is 128 g/mol. The highest BCUT2D eigenvalue weighted by Crippen LogP contribution is 2.10. The van der Waals surface area contributed by atoms with Gasteiger partial charge in [-0.1, -0.05) is 12.1 Å². The summed E-state index contributed by atoms with van der Waals surface area (Å²) in [5, 5.41) is 0. The molecule has 0 bridgehead atoms. The summed E-state index contributed by atoms with van der Waals surface area (Å²) in [6.45, 7) is 3.29. The van der Waals surface area contributed by atoms with Crippen molar-refractivity contribution in [3.8, 4) is 5.75 Å². The van der Waals surface area contributed by atoms with E-state index in [1.54, 1.807) is 12.1 Å². The summed E-state index contributed by atoms with van der Waals surface area (Å²) in [5.41, 5.74) is 1.06. The van der Waals surface area contributed by atoms with Gasteiger partial charge in [-0.15, -0.1) is 0 Å². The Hall–Kier alpha value is -1.31. The fraction of sp³-hybridized carbons (Fsp3) is 0.125. The van der Waals surface area contributed by atoms with Gasteiger partial charge in [0.25, 0.3) is 0 Å². The van der Waals surface area contributed by atoms with Gasteiger partial charge in [0.1, 0.15) is 5.75 Å². The van der Waals surface area contributed by atoms with E-state index < -0.39 is 0 Å². The van der Waals surface area contributed by atoms with Gasteiger partial charge < -0.3 is 4.74 Å². The van der Waals surface area contributed by atoms with Crippen LogP contribution in [0.4, 0.5) is 0 Å². The van der Waals surface area contributed by atoms with Crippen molar-refractivity contribution >= 4 is 6.47 Å². The summed E-state index contributed by atoms with van der Waals surface area (Å²) in [6, 6.07) is 7.22. The molecule has 1 rings (SSSR count). The van der Waals surface area contributed by atoms with Crippen molar-refractivity contribution in [2.24, 2.45) is 0 Å². The molecular formula is C8H7O2. The van der Waals surface area contributed by atoms with E-state index in [4.69, 9.17) is 0 Å². The molecule has 0 N–H and O–H groups in total. The summed E-state index contributed by atoms with van der Waals surface area (Å²) in [5.74, 6) is 0.537. The minimum atomic E-state index is 0.537. The Bertz CT molecular complexity index is 230. The standard InChI is InChI=1S/C8H7O2/c1-7-3-2-4-8(5-7)10-6-9/h2-5H,1H3. The molecule has 0 fully saturated rings. The van der Waals surface area contributed by atoms with E-state index in [2.05, 4.69) is 4.74 Å². The summed E-state index contributed by atoms with van der Waals surface area (Å²) in [4.78, 5) is 9.74. The lowest BCUT2D eigenvalue weighted by Gasteiger charge is -1.95. The topological polar surface area (TPSA) is 26.3 Å². The van der Waals surface area contributed by atoms with Crippen LogP contribution in [-0.4, -0.2) is 6.47 Å². The van der Waals surface area contributed by atoms with E-state index in [1.165, 1.54) is 6.47 Å². The van der Waals surface area contributed by atoms with Gasteiger partial charge in [-0.2, -0.15) is 0 Å². The Morgan fingerprint density at radius 3 is 2.90 bits per heavy atom. The summed E-state index contributed by atoms with van der Waals surface area (Å²) in [7, 11) is 0. The first-order valence-electron chi connectivity index (χ1n) is 2.93. The monoisotopic (exact) mass is 135 g/mol. The average molecular weight is 135 g/mol. The normalized spacial score (nSPS) is 8.90. The lowest BCUT2D eigenvalue weighted by atomic mass is 10.2. The second-order valence-electron chi connectivity index (χ2n) is 2.00. The highest BCUT2D eigenvalue weighted by atomic mass is 16.5. The second kappa shape index (κ2) is 3.01.